The van der Waals surface area contributed by atoms with E-state index in [1.165, 1.54) is 4.90 Å². The molecule has 2 amide bonds. The highest BCUT2D eigenvalue weighted by Gasteiger charge is 2.37. The quantitative estimate of drug-likeness (QED) is 0.702. The van der Waals surface area contributed by atoms with Crippen LogP contribution >= 0.6 is 15.9 Å². The van der Waals surface area contributed by atoms with E-state index in [1.807, 2.05) is 18.2 Å². The van der Waals surface area contributed by atoms with Crippen molar-refractivity contribution in [1.29, 1.82) is 0 Å². The smallest absolute Gasteiger partial charge is 0.266 e. The molecule has 0 saturated carbocycles. The van der Waals surface area contributed by atoms with Crippen molar-refractivity contribution < 1.29 is 9.59 Å². The molecule has 0 saturated heterocycles. The lowest BCUT2D eigenvalue weighted by molar-refractivity contribution is 0.0926. The summed E-state index contributed by atoms with van der Waals surface area (Å²) in [5.74, 6) is -0.542. The standard InChI is InChI=1S/C18H16BrNO2/c1-18(2,3)11-8-9-14(19)15(10-11)20-16(21)12-6-4-5-7-13(12)17(20)22/h4-10H,1-3H3. The Hall–Kier alpha value is -1.94. The maximum Gasteiger partial charge on any atom is 0.266 e. The van der Waals surface area contributed by atoms with Crippen molar-refractivity contribution in [1.82, 2.24) is 0 Å². The molecule has 0 aliphatic carbocycles. The molecule has 0 atom stereocenters. The van der Waals surface area contributed by atoms with Crippen LogP contribution in [0.2, 0.25) is 0 Å². The minimum Gasteiger partial charge on any atom is -0.268 e. The fourth-order valence-corrected chi connectivity index (χ4v) is 2.98. The van der Waals surface area contributed by atoms with Crippen molar-refractivity contribution in [3.05, 3.63) is 63.6 Å². The van der Waals surface area contributed by atoms with E-state index in [0.717, 1.165) is 10.0 Å². The number of halogens is 1. The van der Waals surface area contributed by atoms with Gasteiger partial charge in [-0.15, -0.1) is 0 Å². The van der Waals surface area contributed by atoms with Crippen molar-refractivity contribution in [3.63, 3.8) is 0 Å². The number of hydrogen-bond acceptors (Lipinski definition) is 2. The number of anilines is 1. The van der Waals surface area contributed by atoms with E-state index in [4.69, 9.17) is 0 Å². The highest BCUT2D eigenvalue weighted by Crippen LogP contribution is 2.36. The topological polar surface area (TPSA) is 37.4 Å². The summed E-state index contributed by atoms with van der Waals surface area (Å²) < 4.78 is 0.731. The Morgan fingerprint density at radius 3 is 1.95 bits per heavy atom. The number of hydrogen-bond donors (Lipinski definition) is 0. The van der Waals surface area contributed by atoms with Crippen LogP contribution in [-0.4, -0.2) is 11.8 Å². The Labute approximate surface area is 138 Å². The maximum absolute atomic E-state index is 12.6. The lowest BCUT2D eigenvalue weighted by Crippen LogP contribution is -2.30. The molecule has 1 aliphatic heterocycles. The van der Waals surface area contributed by atoms with Gasteiger partial charge in [0.25, 0.3) is 11.8 Å². The van der Waals surface area contributed by atoms with Gasteiger partial charge in [0, 0.05) is 4.47 Å². The highest BCUT2D eigenvalue weighted by atomic mass is 79.9. The van der Waals surface area contributed by atoms with Crippen LogP contribution in [0.5, 0.6) is 0 Å². The fourth-order valence-electron chi connectivity index (χ4n) is 2.56. The number of carbonyl (C=O) groups excluding carboxylic acids is 2. The van der Waals surface area contributed by atoms with Crippen molar-refractivity contribution in [2.24, 2.45) is 0 Å². The van der Waals surface area contributed by atoms with Gasteiger partial charge in [0.15, 0.2) is 0 Å². The second-order valence-corrected chi connectivity index (χ2v) is 7.26. The van der Waals surface area contributed by atoms with Gasteiger partial charge in [0.05, 0.1) is 16.8 Å². The number of imide groups is 1. The molecule has 4 heteroatoms. The monoisotopic (exact) mass is 357 g/mol. The van der Waals surface area contributed by atoms with Crippen LogP contribution in [-0.2, 0) is 5.41 Å². The number of nitrogens with zero attached hydrogens (tertiary/aromatic N) is 1. The lowest BCUT2D eigenvalue weighted by atomic mass is 9.87. The van der Waals surface area contributed by atoms with Crippen LogP contribution in [0.4, 0.5) is 5.69 Å². The Balaban J connectivity index is 2.14. The minimum absolute atomic E-state index is 0.0614. The van der Waals surface area contributed by atoms with Gasteiger partial charge in [0.2, 0.25) is 0 Å². The van der Waals surface area contributed by atoms with E-state index in [0.29, 0.717) is 16.8 Å². The molecule has 2 aromatic rings. The van der Waals surface area contributed by atoms with Gasteiger partial charge < -0.3 is 0 Å². The van der Waals surface area contributed by atoms with Gasteiger partial charge in [-0.3, -0.25) is 9.59 Å². The average molecular weight is 358 g/mol. The maximum atomic E-state index is 12.6. The predicted molar refractivity (Wildman–Crippen MR) is 90.4 cm³/mol. The first-order valence-corrected chi connectivity index (χ1v) is 7.88. The molecule has 1 aliphatic rings. The summed E-state index contributed by atoms with van der Waals surface area (Å²) in [7, 11) is 0. The summed E-state index contributed by atoms with van der Waals surface area (Å²) in [4.78, 5) is 26.5. The van der Waals surface area contributed by atoms with Gasteiger partial charge in [-0.05, 0) is 51.2 Å². The van der Waals surface area contributed by atoms with Crippen LogP contribution in [0, 0.1) is 0 Å². The summed E-state index contributed by atoms with van der Waals surface area (Å²) in [6, 6.07) is 12.7. The van der Waals surface area contributed by atoms with Crippen LogP contribution in [0.1, 0.15) is 47.1 Å². The molecule has 1 heterocycles. The normalized spacial score (nSPS) is 14.5. The third-order valence-electron chi connectivity index (χ3n) is 3.85. The molecule has 2 aromatic carbocycles. The molecule has 0 N–H and O–H groups in total. The Kier molecular flexibility index (Phi) is 3.44. The van der Waals surface area contributed by atoms with Crippen molar-refractivity contribution >= 4 is 33.4 Å². The van der Waals surface area contributed by atoms with E-state index in [-0.39, 0.29) is 17.2 Å². The Morgan fingerprint density at radius 1 is 0.909 bits per heavy atom. The summed E-state index contributed by atoms with van der Waals surface area (Å²) >= 11 is 3.46. The zero-order valence-corrected chi connectivity index (χ0v) is 14.3. The molecule has 22 heavy (non-hydrogen) atoms. The number of amides is 2. The first-order valence-electron chi connectivity index (χ1n) is 7.08. The molecule has 0 bridgehead atoms. The highest BCUT2D eigenvalue weighted by molar-refractivity contribution is 9.10. The van der Waals surface area contributed by atoms with Gasteiger partial charge in [-0.1, -0.05) is 39.0 Å². The first kappa shape index (κ1) is 15.0. The zero-order chi connectivity index (χ0) is 16.1. The SMILES string of the molecule is CC(C)(C)c1ccc(Br)c(N2C(=O)c3ccccc3C2=O)c1. The van der Waals surface area contributed by atoms with Crippen LogP contribution in [0.3, 0.4) is 0 Å². The van der Waals surface area contributed by atoms with E-state index in [2.05, 4.69) is 36.7 Å². The van der Waals surface area contributed by atoms with Crippen LogP contribution in [0.15, 0.2) is 46.9 Å². The zero-order valence-electron chi connectivity index (χ0n) is 12.7. The predicted octanol–water partition coefficient (Wildman–Crippen LogP) is 4.55. The first-order chi connectivity index (χ1) is 10.3. The second kappa shape index (κ2) is 5.06. The van der Waals surface area contributed by atoms with Crippen molar-refractivity contribution in [2.75, 3.05) is 4.90 Å². The van der Waals surface area contributed by atoms with Gasteiger partial charge in [0.1, 0.15) is 0 Å². The summed E-state index contributed by atoms with van der Waals surface area (Å²) in [5, 5.41) is 0. The van der Waals surface area contributed by atoms with E-state index in [9.17, 15) is 9.59 Å². The lowest BCUT2D eigenvalue weighted by Gasteiger charge is -2.23. The number of fused-ring (bicyclic) bond motifs is 1. The number of benzene rings is 2. The van der Waals surface area contributed by atoms with Crippen LogP contribution in [0.25, 0.3) is 0 Å². The second-order valence-electron chi connectivity index (χ2n) is 6.41. The summed E-state index contributed by atoms with van der Waals surface area (Å²) in [6.45, 7) is 6.30. The van der Waals surface area contributed by atoms with Crippen LogP contribution < -0.4 is 4.90 Å². The third kappa shape index (κ3) is 2.28. The average Bonchev–Trinajstić information content (AvgIpc) is 2.71. The molecule has 3 nitrogen and oxygen atoms in total. The molecular weight excluding hydrogens is 342 g/mol. The van der Waals surface area contributed by atoms with E-state index >= 15 is 0 Å². The van der Waals surface area contributed by atoms with Gasteiger partial charge >= 0.3 is 0 Å². The third-order valence-corrected chi connectivity index (χ3v) is 4.52. The molecule has 3 rings (SSSR count). The Morgan fingerprint density at radius 2 is 1.45 bits per heavy atom. The fraction of sp³-hybridized carbons (Fsp3) is 0.222. The van der Waals surface area contributed by atoms with Crippen molar-refractivity contribution in [3.8, 4) is 0 Å². The molecule has 0 spiro atoms. The van der Waals surface area contributed by atoms with Crippen molar-refractivity contribution in [2.45, 2.75) is 26.2 Å². The summed E-state index contributed by atoms with van der Waals surface area (Å²) in [5.41, 5.74) is 2.52. The minimum atomic E-state index is -0.271. The largest absolute Gasteiger partial charge is 0.268 e. The number of rotatable bonds is 1. The van der Waals surface area contributed by atoms with E-state index < -0.39 is 0 Å². The summed E-state index contributed by atoms with van der Waals surface area (Å²) in [6.07, 6.45) is 0. The molecule has 0 unspecified atom stereocenters. The molecular formula is C18H16BrNO2. The van der Waals surface area contributed by atoms with E-state index in [1.54, 1.807) is 24.3 Å². The molecule has 112 valence electrons. The molecule has 0 fully saturated rings. The Bertz CT molecular complexity index is 755. The van der Waals surface area contributed by atoms with Gasteiger partial charge in [-0.2, -0.15) is 0 Å². The number of carbonyl (C=O) groups is 2. The molecule has 0 radical (unpaired) electrons. The molecule has 0 aromatic heterocycles. The van der Waals surface area contributed by atoms with Gasteiger partial charge in [-0.25, -0.2) is 4.90 Å².